The van der Waals surface area contributed by atoms with Crippen molar-refractivity contribution in [3.63, 3.8) is 0 Å². The molecule has 7 saturated heterocycles. The van der Waals surface area contributed by atoms with Gasteiger partial charge in [-0.3, -0.25) is 9.59 Å². The molecule has 0 aromatic heterocycles. The highest BCUT2D eigenvalue weighted by molar-refractivity contribution is 5.73. The topological polar surface area (TPSA) is 583 Å². The zero-order valence-electron chi connectivity index (χ0n) is 44.5. The first-order valence-electron chi connectivity index (χ1n) is 26.5. The molecule has 0 saturated carbocycles. The van der Waals surface area contributed by atoms with Crippen LogP contribution in [0.1, 0.15) is 20.8 Å². The Morgan fingerprint density at radius 2 is 0.711 bits per heavy atom. The van der Waals surface area contributed by atoms with Crippen molar-refractivity contribution in [1.82, 2.24) is 10.6 Å². The molecule has 7 rings (SSSR count). The number of hydrogen-bond acceptors (Lipinski definition) is 35. The van der Waals surface area contributed by atoms with Crippen molar-refractivity contribution in [3.05, 3.63) is 0 Å². The molecule has 1 unspecified atom stereocenters. The van der Waals surface area contributed by atoms with E-state index in [0.717, 1.165) is 13.8 Å². The number of aliphatic hydroxyl groups excluding tert-OH is 20. The summed E-state index contributed by atoms with van der Waals surface area (Å²) in [5, 5.41) is 219. The standard InChI is InChI=1S/C46H78N2O35/c1-10-21(56)27(62)32(67)43(72-10)83-39-29(64)22(57)13(4-49)75-46(39)81-36-16(7-52)76-41(19(25(36)60)47-11(2)54)71-9-18-23(58)28(63)33(68)44(78-18)79-35-17(8-53)77-42(20(26(35)61)48-12(3)55)82-38-24(59)14(5-50)74-45(34(38)69)80-37-15(6-51)73-40(70)31(66)30(37)65/h10,13-46,49-53,56-70H,4-9H2,1-3H3,(H,47,54)(H,48,55)/t10-,13-,14-,15-,16-,17-,18-,19-,20-,21+,22+,23+,24+,25-,26-,27+,28+,29+,30-,31-,32-,33-,34-,35-,36-,37-,38+,39-,40?,41-,42+,43-,44+,45+,46+/m1/s1. The second-order valence-electron chi connectivity index (χ2n) is 21.1. The number of carbonyl (C=O) groups is 2. The first kappa shape index (κ1) is 68.1. The van der Waals surface area contributed by atoms with Crippen LogP contribution in [0.3, 0.4) is 0 Å². The minimum Gasteiger partial charge on any atom is -0.394 e. The van der Waals surface area contributed by atoms with E-state index in [1.54, 1.807) is 0 Å². The van der Waals surface area contributed by atoms with Crippen LogP contribution in [0.5, 0.6) is 0 Å². The van der Waals surface area contributed by atoms with E-state index < -0.39 is 266 Å². The first-order chi connectivity index (χ1) is 39.2. The monoisotopic (exact) mass is 1220 g/mol. The highest BCUT2D eigenvalue weighted by atomic mass is 16.8. The van der Waals surface area contributed by atoms with Crippen molar-refractivity contribution >= 4 is 11.8 Å². The average molecular weight is 1220 g/mol. The lowest BCUT2D eigenvalue weighted by Crippen LogP contribution is -2.70. The molecule has 35 atom stereocenters. The summed E-state index contributed by atoms with van der Waals surface area (Å²) < 4.78 is 74.4. The number of nitrogens with one attached hydrogen (secondary N) is 2. The van der Waals surface area contributed by atoms with E-state index in [0.29, 0.717) is 0 Å². The van der Waals surface area contributed by atoms with Crippen molar-refractivity contribution in [2.45, 2.75) is 236 Å². The van der Waals surface area contributed by atoms with Gasteiger partial charge in [-0.2, -0.15) is 0 Å². The Labute approximate surface area is 470 Å². The minimum absolute atomic E-state index is 0.822. The fourth-order valence-electron chi connectivity index (χ4n) is 10.6. The van der Waals surface area contributed by atoms with Crippen LogP contribution in [0, 0.1) is 0 Å². The average Bonchev–Trinajstić information content (AvgIpc) is 3.63. The third-order valence-electron chi connectivity index (χ3n) is 15.3. The summed E-state index contributed by atoms with van der Waals surface area (Å²) in [5.74, 6) is -1.69. The van der Waals surface area contributed by atoms with Gasteiger partial charge >= 0.3 is 0 Å². The van der Waals surface area contributed by atoms with Crippen LogP contribution in [0.4, 0.5) is 0 Å². The van der Waals surface area contributed by atoms with Gasteiger partial charge in [0.2, 0.25) is 11.8 Å². The predicted molar refractivity (Wildman–Crippen MR) is 254 cm³/mol. The number of rotatable bonds is 20. The fourth-order valence-corrected chi connectivity index (χ4v) is 10.6. The molecule has 482 valence electrons. The van der Waals surface area contributed by atoms with Crippen molar-refractivity contribution < 1.29 is 173 Å². The van der Waals surface area contributed by atoms with Crippen LogP contribution in [-0.2, 0) is 71.2 Å². The van der Waals surface area contributed by atoms with Crippen molar-refractivity contribution in [2.75, 3.05) is 39.6 Å². The Kier molecular flexibility index (Phi) is 24.0. The van der Waals surface area contributed by atoms with Gasteiger partial charge in [0.15, 0.2) is 44.0 Å². The van der Waals surface area contributed by atoms with Gasteiger partial charge in [0, 0.05) is 13.8 Å². The molecule has 7 aliphatic rings. The van der Waals surface area contributed by atoms with Crippen molar-refractivity contribution in [3.8, 4) is 0 Å². The third-order valence-corrected chi connectivity index (χ3v) is 15.3. The molecule has 37 heteroatoms. The van der Waals surface area contributed by atoms with Gasteiger partial charge in [-0.15, -0.1) is 0 Å². The highest BCUT2D eigenvalue weighted by Crippen LogP contribution is 2.37. The van der Waals surface area contributed by atoms with E-state index in [-0.39, 0.29) is 0 Å². The van der Waals surface area contributed by atoms with Crippen LogP contribution in [0.15, 0.2) is 0 Å². The summed E-state index contributed by atoms with van der Waals surface area (Å²) in [7, 11) is 0. The van der Waals surface area contributed by atoms with Crippen LogP contribution < -0.4 is 10.6 Å². The number of hydrogen-bond donors (Lipinski definition) is 22. The lowest BCUT2D eigenvalue weighted by atomic mass is 9.94. The van der Waals surface area contributed by atoms with Gasteiger partial charge in [-0.1, -0.05) is 0 Å². The molecular formula is C46H78N2O35. The third kappa shape index (κ3) is 14.7. The minimum atomic E-state index is -2.19. The Hall–Kier alpha value is -2.38. The molecule has 7 heterocycles. The summed E-state index contributed by atoms with van der Waals surface area (Å²) in [6.45, 7) is -2.46. The van der Waals surface area contributed by atoms with Gasteiger partial charge < -0.3 is 174 Å². The Bertz CT molecular complexity index is 2050. The Morgan fingerprint density at radius 1 is 0.337 bits per heavy atom. The van der Waals surface area contributed by atoms with Crippen LogP contribution in [-0.4, -0.2) is 368 Å². The Balaban J connectivity index is 1.05. The molecule has 7 aliphatic heterocycles. The maximum absolute atomic E-state index is 12.6. The van der Waals surface area contributed by atoms with Crippen molar-refractivity contribution in [2.24, 2.45) is 0 Å². The molecule has 2 amide bonds. The zero-order chi connectivity index (χ0) is 61.2. The SMILES string of the molecule is CC(=O)N[C@H]1[C@H](O[C@H]2[C@@H](O)[C@@H](CO)O[C@@H](O[C@H]3[C@H](O)[C@@H](O)C(O)O[C@@H]3CO)[C@@H]2O)O[C@H](CO)[C@@H](O[C@@H]2O[C@H](CO[C@@H]3O[C@H](CO)[C@@H](O[C@@H]4O[C@H](CO)[C@H](O)[C@H](O)[C@H]4O[C@H]4O[C@H](C)[C@H](O)[C@H](O)[C@H]4O)[C@H](O)[C@H]3NC(C)=O)[C@H](O)[C@H](O)[C@H]2O)[C@@H]1O. The van der Waals surface area contributed by atoms with Gasteiger partial charge in [0.25, 0.3) is 0 Å². The molecule has 0 aromatic rings. The number of carbonyl (C=O) groups excluding carboxylic acids is 2. The summed E-state index contributed by atoms with van der Waals surface area (Å²) >= 11 is 0. The summed E-state index contributed by atoms with van der Waals surface area (Å²) in [6, 6.07) is -3.50. The Morgan fingerprint density at radius 3 is 1.25 bits per heavy atom. The van der Waals surface area contributed by atoms with Crippen LogP contribution in [0.2, 0.25) is 0 Å². The molecule has 7 fully saturated rings. The lowest BCUT2D eigenvalue weighted by molar-refractivity contribution is -0.385. The van der Waals surface area contributed by atoms with E-state index in [4.69, 9.17) is 61.6 Å². The van der Waals surface area contributed by atoms with E-state index in [2.05, 4.69) is 10.6 Å². The van der Waals surface area contributed by atoms with Gasteiger partial charge in [0.05, 0.1) is 45.7 Å². The molecule has 0 aliphatic carbocycles. The zero-order valence-corrected chi connectivity index (χ0v) is 44.5. The smallest absolute Gasteiger partial charge is 0.217 e. The normalized spacial score (nSPS) is 50.8. The van der Waals surface area contributed by atoms with E-state index in [1.807, 2.05) is 0 Å². The fraction of sp³-hybridized carbons (Fsp3) is 0.957. The van der Waals surface area contributed by atoms with E-state index >= 15 is 0 Å². The molecular weight excluding hydrogens is 1140 g/mol. The van der Waals surface area contributed by atoms with Gasteiger partial charge in [-0.25, -0.2) is 0 Å². The molecule has 0 aromatic carbocycles. The molecule has 0 bridgehead atoms. The number of ether oxygens (including phenoxy) is 13. The van der Waals surface area contributed by atoms with Gasteiger partial charge in [0.1, 0.15) is 165 Å². The second-order valence-corrected chi connectivity index (χ2v) is 21.1. The predicted octanol–water partition coefficient (Wildman–Crippen LogP) is -15.0. The van der Waals surface area contributed by atoms with Gasteiger partial charge in [-0.05, 0) is 6.92 Å². The second kappa shape index (κ2) is 29.3. The maximum atomic E-state index is 12.6. The van der Waals surface area contributed by atoms with Crippen LogP contribution >= 0.6 is 0 Å². The molecule has 0 radical (unpaired) electrons. The number of aliphatic hydroxyl groups is 20. The highest BCUT2D eigenvalue weighted by Gasteiger charge is 2.58. The van der Waals surface area contributed by atoms with Crippen LogP contribution in [0.25, 0.3) is 0 Å². The van der Waals surface area contributed by atoms with E-state index in [1.165, 1.54) is 6.92 Å². The van der Waals surface area contributed by atoms with E-state index in [9.17, 15) is 112 Å². The van der Waals surface area contributed by atoms with Crippen molar-refractivity contribution in [1.29, 1.82) is 0 Å². The first-order valence-corrected chi connectivity index (χ1v) is 26.5. The summed E-state index contributed by atoms with van der Waals surface area (Å²) in [5.41, 5.74) is 0. The largest absolute Gasteiger partial charge is 0.394 e. The lowest BCUT2D eigenvalue weighted by Gasteiger charge is -2.50. The summed E-state index contributed by atoms with van der Waals surface area (Å²) in [4.78, 5) is 25.2. The molecule has 83 heavy (non-hydrogen) atoms. The quantitative estimate of drug-likeness (QED) is 0.0538. The molecule has 37 nitrogen and oxygen atoms in total. The summed E-state index contributed by atoms with van der Waals surface area (Å²) in [6.07, 6.45) is -61.9. The number of amides is 2. The maximum Gasteiger partial charge on any atom is 0.217 e. The molecule has 0 spiro atoms. The molecule has 22 N–H and O–H groups in total.